The van der Waals surface area contributed by atoms with Crippen molar-refractivity contribution in [2.75, 3.05) is 13.3 Å². The van der Waals surface area contributed by atoms with Crippen LogP contribution in [0, 0.1) is 0 Å². The van der Waals surface area contributed by atoms with E-state index in [0.29, 0.717) is 6.61 Å². The second kappa shape index (κ2) is 4.48. The first kappa shape index (κ1) is 14.4. The van der Waals surface area contributed by atoms with E-state index in [2.05, 4.69) is 33.9 Å². The standard InChI is InChI=1S/C9H23O3PSi/c1-8-11-13(5,10)12-14(6,7)9(2,3)4/h8H2,1-7H3. The van der Waals surface area contributed by atoms with Gasteiger partial charge in [0.2, 0.25) is 8.32 Å². The van der Waals surface area contributed by atoms with E-state index in [4.69, 9.17) is 8.74 Å². The van der Waals surface area contributed by atoms with Gasteiger partial charge in [0, 0.05) is 6.66 Å². The summed E-state index contributed by atoms with van der Waals surface area (Å²) in [6, 6.07) is 0. The maximum absolute atomic E-state index is 11.9. The predicted molar refractivity (Wildman–Crippen MR) is 63.4 cm³/mol. The average molecular weight is 238 g/mol. The predicted octanol–water partition coefficient (Wildman–Crippen LogP) is 3.87. The average Bonchev–Trinajstić information content (AvgIpc) is 1.80. The molecule has 0 aliphatic carbocycles. The van der Waals surface area contributed by atoms with Gasteiger partial charge < -0.3 is 8.74 Å². The van der Waals surface area contributed by atoms with Crippen molar-refractivity contribution < 1.29 is 13.3 Å². The van der Waals surface area contributed by atoms with Crippen LogP contribution in [0.4, 0.5) is 0 Å². The van der Waals surface area contributed by atoms with Crippen molar-refractivity contribution in [2.24, 2.45) is 0 Å². The third kappa shape index (κ3) is 4.26. The molecule has 14 heavy (non-hydrogen) atoms. The van der Waals surface area contributed by atoms with E-state index < -0.39 is 15.9 Å². The molecule has 0 spiro atoms. The molecular weight excluding hydrogens is 215 g/mol. The maximum Gasteiger partial charge on any atom is 0.318 e. The molecule has 1 unspecified atom stereocenters. The molecule has 0 rings (SSSR count). The molecule has 0 N–H and O–H groups in total. The summed E-state index contributed by atoms with van der Waals surface area (Å²) in [5.41, 5.74) is 0. The van der Waals surface area contributed by atoms with Gasteiger partial charge in [0.1, 0.15) is 0 Å². The highest BCUT2D eigenvalue weighted by atomic mass is 31.2. The summed E-state index contributed by atoms with van der Waals surface area (Å²) in [5, 5.41) is 0.0652. The first-order valence-electron chi connectivity index (χ1n) is 4.94. The number of hydrogen-bond donors (Lipinski definition) is 0. The zero-order valence-electron chi connectivity index (χ0n) is 10.4. The first-order chi connectivity index (χ1) is 6.02. The summed E-state index contributed by atoms with van der Waals surface area (Å²) in [5.74, 6) is 0. The topological polar surface area (TPSA) is 35.5 Å². The minimum atomic E-state index is -2.85. The lowest BCUT2D eigenvalue weighted by atomic mass is 10.2. The second-order valence-electron chi connectivity index (χ2n) is 5.04. The van der Waals surface area contributed by atoms with Crippen molar-refractivity contribution in [1.82, 2.24) is 0 Å². The lowest BCUT2D eigenvalue weighted by Crippen LogP contribution is -2.39. The van der Waals surface area contributed by atoms with Crippen molar-refractivity contribution in [3.63, 3.8) is 0 Å². The molecule has 0 saturated heterocycles. The zero-order valence-corrected chi connectivity index (χ0v) is 12.3. The van der Waals surface area contributed by atoms with E-state index in [-0.39, 0.29) is 5.04 Å². The van der Waals surface area contributed by atoms with Gasteiger partial charge in [-0.15, -0.1) is 0 Å². The van der Waals surface area contributed by atoms with E-state index in [1.54, 1.807) is 6.66 Å². The van der Waals surface area contributed by atoms with Crippen LogP contribution in [-0.2, 0) is 13.3 Å². The summed E-state index contributed by atoms with van der Waals surface area (Å²) in [7, 11) is -4.81. The monoisotopic (exact) mass is 238 g/mol. The van der Waals surface area contributed by atoms with Gasteiger partial charge in [-0.05, 0) is 25.1 Å². The van der Waals surface area contributed by atoms with Crippen LogP contribution in [0.5, 0.6) is 0 Å². The van der Waals surface area contributed by atoms with Gasteiger partial charge in [-0.25, -0.2) is 0 Å². The third-order valence-corrected chi connectivity index (χ3v) is 10.1. The minimum absolute atomic E-state index is 0.0652. The van der Waals surface area contributed by atoms with Crippen LogP contribution in [0.1, 0.15) is 27.7 Å². The van der Waals surface area contributed by atoms with E-state index in [1.807, 2.05) is 6.92 Å². The Hall–Kier alpha value is 0.367. The van der Waals surface area contributed by atoms with Gasteiger partial charge in [-0.3, -0.25) is 4.57 Å². The highest BCUT2D eigenvalue weighted by molar-refractivity contribution is 7.54. The van der Waals surface area contributed by atoms with Gasteiger partial charge in [0.25, 0.3) is 0 Å². The smallest absolute Gasteiger partial charge is 0.318 e. The number of rotatable bonds is 4. The SMILES string of the molecule is CCOP(C)(=O)O[Si](C)(C)C(C)(C)C. The molecule has 5 heteroatoms. The third-order valence-electron chi connectivity index (χ3n) is 2.56. The van der Waals surface area contributed by atoms with E-state index >= 15 is 0 Å². The fourth-order valence-corrected chi connectivity index (χ4v) is 5.90. The van der Waals surface area contributed by atoms with Crippen LogP contribution in [0.25, 0.3) is 0 Å². The molecule has 0 aromatic carbocycles. The van der Waals surface area contributed by atoms with Crippen LogP contribution >= 0.6 is 7.60 Å². The Bertz CT molecular complexity index is 233. The molecule has 1 atom stereocenters. The molecule has 0 aromatic heterocycles. The van der Waals surface area contributed by atoms with Gasteiger partial charge >= 0.3 is 7.60 Å². The molecule has 86 valence electrons. The fourth-order valence-electron chi connectivity index (χ4n) is 0.812. The molecule has 0 radical (unpaired) electrons. The summed E-state index contributed by atoms with van der Waals surface area (Å²) in [6.07, 6.45) is 0. The van der Waals surface area contributed by atoms with Gasteiger partial charge in [0.05, 0.1) is 6.61 Å². The summed E-state index contributed by atoms with van der Waals surface area (Å²) < 4.78 is 22.7. The van der Waals surface area contributed by atoms with Crippen molar-refractivity contribution in [3.05, 3.63) is 0 Å². The molecule has 0 aliphatic heterocycles. The molecular formula is C9H23O3PSi. The van der Waals surface area contributed by atoms with Gasteiger partial charge in [-0.2, -0.15) is 0 Å². The highest BCUT2D eigenvalue weighted by Gasteiger charge is 2.41. The van der Waals surface area contributed by atoms with E-state index in [9.17, 15) is 4.57 Å². The van der Waals surface area contributed by atoms with Gasteiger partial charge in [-0.1, -0.05) is 20.8 Å². The lowest BCUT2D eigenvalue weighted by molar-refractivity contribution is 0.278. The Kier molecular flexibility index (Phi) is 4.60. The van der Waals surface area contributed by atoms with Crippen LogP contribution < -0.4 is 0 Å². The Morgan fingerprint density at radius 3 is 2.00 bits per heavy atom. The molecule has 0 aliphatic rings. The molecule has 0 amide bonds. The fraction of sp³-hybridized carbons (Fsp3) is 1.00. The summed E-state index contributed by atoms with van der Waals surface area (Å²) in [4.78, 5) is 0. The Labute approximate surface area is 88.9 Å². The van der Waals surface area contributed by atoms with Crippen molar-refractivity contribution in [1.29, 1.82) is 0 Å². The number of hydrogen-bond acceptors (Lipinski definition) is 3. The Balaban J connectivity index is 4.59. The van der Waals surface area contributed by atoms with Crippen LogP contribution in [0.15, 0.2) is 0 Å². The molecule has 0 bridgehead atoms. The molecule has 0 fully saturated rings. The largest absolute Gasteiger partial charge is 0.350 e. The highest BCUT2D eigenvalue weighted by Crippen LogP contribution is 2.51. The van der Waals surface area contributed by atoms with Crippen molar-refractivity contribution in [3.8, 4) is 0 Å². The molecule has 0 saturated carbocycles. The van der Waals surface area contributed by atoms with Crippen LogP contribution in [0.2, 0.25) is 18.1 Å². The van der Waals surface area contributed by atoms with Crippen molar-refractivity contribution >= 4 is 15.9 Å². The minimum Gasteiger partial charge on any atom is -0.350 e. The first-order valence-corrected chi connectivity index (χ1v) is 9.84. The van der Waals surface area contributed by atoms with E-state index in [1.165, 1.54) is 0 Å². The van der Waals surface area contributed by atoms with Crippen LogP contribution in [-0.4, -0.2) is 21.6 Å². The van der Waals surface area contributed by atoms with Crippen LogP contribution in [0.3, 0.4) is 0 Å². The second-order valence-corrected chi connectivity index (χ2v) is 12.1. The quantitative estimate of drug-likeness (QED) is 0.551. The zero-order chi connectivity index (χ0) is 11.6. The van der Waals surface area contributed by atoms with E-state index in [0.717, 1.165) is 0 Å². The van der Waals surface area contributed by atoms with Crippen molar-refractivity contribution in [2.45, 2.75) is 45.8 Å². The Morgan fingerprint density at radius 2 is 1.71 bits per heavy atom. The maximum atomic E-state index is 11.9. The van der Waals surface area contributed by atoms with Gasteiger partial charge in [0.15, 0.2) is 0 Å². The molecule has 3 nitrogen and oxygen atoms in total. The molecule has 0 heterocycles. The summed E-state index contributed by atoms with van der Waals surface area (Å²) >= 11 is 0. The summed E-state index contributed by atoms with van der Waals surface area (Å²) in [6.45, 7) is 14.3. The normalized spacial score (nSPS) is 17.9. The molecule has 0 aromatic rings. The lowest BCUT2D eigenvalue weighted by Gasteiger charge is -2.37. The Morgan fingerprint density at radius 1 is 1.29 bits per heavy atom.